The molecule has 5 aliphatic heterocycles. The molecule has 118 heavy (non-hydrogen) atoms. The number of ketones is 2. The normalized spacial score (nSPS) is 15.3. The summed E-state index contributed by atoms with van der Waals surface area (Å²) in [6, 6.07) is 43.6. The molecule has 4 aromatic heterocycles. The number of fused-ring (bicyclic) bond motifs is 4. The van der Waals surface area contributed by atoms with E-state index in [-0.39, 0.29) is 109 Å². The molecule has 5 fully saturated rings. The van der Waals surface area contributed by atoms with Gasteiger partial charge in [0.15, 0.2) is 11.6 Å². The summed E-state index contributed by atoms with van der Waals surface area (Å²) >= 11 is 21.0. The van der Waals surface area contributed by atoms with Crippen LogP contribution in [0.1, 0.15) is 52.0 Å². The maximum Gasteiger partial charge on any atom is 0.355 e. The van der Waals surface area contributed by atoms with Gasteiger partial charge in [-0.05, 0) is 173 Å². The Labute approximate surface area is 739 Å². The van der Waals surface area contributed by atoms with E-state index in [0.29, 0.717) is 107 Å². The number of hydrogen-bond donors (Lipinski definition) is 2. The van der Waals surface area contributed by atoms with E-state index < -0.39 is 5.97 Å². The number of benzene rings is 6. The lowest BCUT2D eigenvalue weighted by atomic mass is 9.94. The highest BCUT2D eigenvalue weighted by molar-refractivity contribution is 14.1. The summed E-state index contributed by atoms with van der Waals surface area (Å²) < 4.78 is 22.2. The number of esters is 1. The Morgan fingerprint density at radius 3 is 1.53 bits per heavy atom. The van der Waals surface area contributed by atoms with Gasteiger partial charge < -0.3 is 62.9 Å². The van der Waals surface area contributed by atoms with Crippen LogP contribution >= 0.6 is 105 Å². The summed E-state index contributed by atoms with van der Waals surface area (Å²) in [5, 5.41) is 19.7. The first-order chi connectivity index (χ1) is 56.6. The lowest BCUT2D eigenvalue weighted by Crippen LogP contribution is -2.61. The van der Waals surface area contributed by atoms with Gasteiger partial charge in [0.05, 0.1) is 68.7 Å². The van der Waals surface area contributed by atoms with Gasteiger partial charge in [-0.25, -0.2) is 4.79 Å². The highest BCUT2D eigenvalue weighted by atomic mass is 127. The molecule has 9 heterocycles. The maximum atomic E-state index is 13.5. The molecule has 0 aliphatic carbocycles. The molecule has 30 heteroatoms. The fourth-order valence-electron chi connectivity index (χ4n) is 15.3. The Bertz CT molecular complexity index is 5730. The van der Waals surface area contributed by atoms with Crippen molar-refractivity contribution in [2.24, 2.45) is 11.8 Å². The lowest BCUT2D eigenvalue weighted by molar-refractivity contribution is -0.134. The molecule has 10 aromatic rings. The van der Waals surface area contributed by atoms with Crippen molar-refractivity contribution in [3.63, 3.8) is 0 Å². The number of nitrogens with one attached hydrogen (secondary N) is 2. The quantitative estimate of drug-likeness (QED) is 0.0363. The zero-order chi connectivity index (χ0) is 84.5. The number of morpholine rings is 1. The van der Waals surface area contributed by atoms with Crippen LogP contribution in [0.15, 0.2) is 198 Å². The second kappa shape index (κ2) is 38.9. The third-order valence-electron chi connectivity index (χ3n) is 21.3. The van der Waals surface area contributed by atoms with E-state index in [1.807, 2.05) is 137 Å². The van der Waals surface area contributed by atoms with Crippen LogP contribution < -0.4 is 10.6 Å². The number of rotatable bonds is 22. The summed E-state index contributed by atoms with van der Waals surface area (Å²) in [4.78, 5) is 131. The Hall–Kier alpha value is -9.82. The average molecular weight is 2030 g/mol. The predicted molar refractivity (Wildman–Crippen MR) is 481 cm³/mol. The van der Waals surface area contributed by atoms with E-state index in [4.69, 9.17) is 21.1 Å². The van der Waals surface area contributed by atoms with Crippen molar-refractivity contribution in [1.29, 1.82) is 5.26 Å². The average Bonchev–Trinajstić information content (AvgIpc) is 1.60. The fourth-order valence-corrected chi connectivity index (χ4v) is 18.4. The zero-order valence-corrected chi connectivity index (χ0v) is 74.7. The molecular weight excluding hydrogens is 1950 g/mol. The molecule has 0 spiro atoms. The molecule has 24 nitrogen and oxygen atoms in total. The first kappa shape index (κ1) is 87.5. The van der Waals surface area contributed by atoms with Gasteiger partial charge in [-0.1, -0.05) is 140 Å². The summed E-state index contributed by atoms with van der Waals surface area (Å²) in [6.45, 7) is 24.3. The highest BCUT2D eigenvalue weighted by Gasteiger charge is 2.37. The number of methoxy groups -OCH3 is 1. The number of halogens is 6. The lowest BCUT2D eigenvalue weighted by Gasteiger charge is -2.38. The summed E-state index contributed by atoms with van der Waals surface area (Å²) in [7, 11) is 1.32. The minimum Gasteiger partial charge on any atom is -0.464 e. The first-order valence-electron chi connectivity index (χ1n) is 37.9. The molecule has 5 aliphatic rings. The van der Waals surface area contributed by atoms with Gasteiger partial charge >= 0.3 is 5.97 Å². The Morgan fingerprint density at radius 1 is 0.542 bits per heavy atom. The standard InChI is InChI=1S/C28H24ClN3O2.C24H28BrN3O4.C18H17BrIN3O4.C18H15BrIN3O2/c1-2-28(34)32-15-21(16-32)30-27(33)18-31-17-25(24-14-20(29)12-13-26(24)31)23-11-7-6-10-22(23)19-8-4-3-5-9-19;1-4-22(30)27-12-17(13-27)9-19(29)14-28-16(3)23(20-10-18(25)5-6-21(20)28)24(31)26-7-8-32-15(2)11-26;1-3-15(25)22-7-11(8-22)21-14(24)9-23-13-5-4-10(19)6-12(13)16(20)17(23)18(26)27-2;1-2-17(25)22-8-11(9-22)5-13(24)10-23-15-4-3-12(19)6-14(15)18(20)16(23)7-21/h2-14,17,21H,1,15-16,18H2,(H,30,33);4-6,10,15,17H,1,7-9,11-14H2,2-3H3;3-6,11H,1,7-9H2,2H3,(H,21,24);2-4,6,11H,1,5,8-10H2. The molecular formula is C88H84Br3ClI2N12O12. The molecule has 0 bridgehead atoms. The maximum absolute atomic E-state index is 13.5. The molecule has 1 atom stereocenters. The van der Waals surface area contributed by atoms with Crippen LogP contribution in [0.4, 0.5) is 0 Å². The Morgan fingerprint density at radius 2 is 1.01 bits per heavy atom. The van der Waals surface area contributed by atoms with E-state index in [0.717, 1.165) is 92.1 Å². The van der Waals surface area contributed by atoms with Gasteiger partial charge in [0, 0.05) is 159 Å². The zero-order valence-electron chi connectivity index (χ0n) is 64.9. The first-order valence-corrected chi connectivity index (χ1v) is 42.9. The van der Waals surface area contributed by atoms with Crippen LogP contribution in [0.3, 0.4) is 0 Å². The van der Waals surface area contributed by atoms with E-state index in [2.05, 4.69) is 160 Å². The van der Waals surface area contributed by atoms with Gasteiger partial charge in [-0.2, -0.15) is 5.26 Å². The van der Waals surface area contributed by atoms with Crippen LogP contribution in [-0.4, -0.2) is 199 Å². The van der Waals surface area contributed by atoms with Gasteiger partial charge in [-0.3, -0.25) is 43.2 Å². The molecule has 0 radical (unpaired) electrons. The largest absolute Gasteiger partial charge is 0.464 e. The molecule has 610 valence electrons. The highest BCUT2D eigenvalue weighted by Crippen LogP contribution is 2.40. The van der Waals surface area contributed by atoms with Crippen LogP contribution in [0.2, 0.25) is 5.02 Å². The number of likely N-dealkylation sites (tertiary alicyclic amines) is 4. The van der Waals surface area contributed by atoms with E-state index in [1.54, 1.807) is 28.7 Å². The molecule has 5 saturated heterocycles. The predicted octanol–water partition coefficient (Wildman–Crippen LogP) is 14.1. The van der Waals surface area contributed by atoms with Gasteiger partial charge in [-0.15, -0.1) is 0 Å². The number of amides is 7. The van der Waals surface area contributed by atoms with E-state index in [9.17, 15) is 53.2 Å². The minimum atomic E-state index is -0.495. The SMILES string of the molecule is C=CC(=O)N1CC(CC(=O)Cn2c(C#N)c(I)c3cc(Br)ccc32)C1.C=CC(=O)N1CC(CC(=O)Cn2c(C)c(C(=O)N3CCOC(C)C3)c3cc(Br)ccc32)C1.C=CC(=O)N1CC(NC(=O)Cn2c(C(=O)OC)c(I)c3cc(Br)ccc32)C1.C=CC(=O)N1CC(NC(=O)Cn2cc(-c3ccccc3-c3ccccc3)c3cc(Cl)ccc32)C1. The monoisotopic (exact) mass is 2030 g/mol. The fraction of sp³-hybridized carbons (Fsp3) is 0.284. The van der Waals surface area contributed by atoms with Crippen molar-refractivity contribution < 1.29 is 57.4 Å². The van der Waals surface area contributed by atoms with Crippen LogP contribution in [-0.2, 0) is 74.0 Å². The number of carbonyl (C=O) groups is 10. The van der Waals surface area contributed by atoms with Crippen molar-refractivity contribution in [1.82, 2.24) is 53.4 Å². The second-order valence-corrected chi connectivity index (χ2v) is 34.7. The summed E-state index contributed by atoms with van der Waals surface area (Å²) in [5.41, 5.74) is 10.1. The molecule has 6 aromatic carbocycles. The summed E-state index contributed by atoms with van der Waals surface area (Å²) in [6.07, 6.45) is 8.01. The van der Waals surface area contributed by atoms with Crippen LogP contribution in [0.5, 0.6) is 0 Å². The minimum absolute atomic E-state index is 0.00434. The molecule has 15 rings (SSSR count). The van der Waals surface area contributed by atoms with Gasteiger partial charge in [0.2, 0.25) is 35.4 Å². The third-order valence-corrected chi connectivity index (χ3v) is 25.2. The number of carbonyl (C=O) groups excluding carboxylic acids is 10. The number of nitrogens with zero attached hydrogens (tertiary/aromatic N) is 10. The second-order valence-electron chi connectivity index (χ2n) is 29.3. The van der Waals surface area contributed by atoms with Gasteiger partial charge in [0.25, 0.3) is 5.91 Å². The van der Waals surface area contributed by atoms with Crippen LogP contribution in [0, 0.1) is 37.2 Å². The van der Waals surface area contributed by atoms with Crippen molar-refractivity contribution in [3.05, 3.63) is 232 Å². The smallest absolute Gasteiger partial charge is 0.355 e. The molecule has 2 N–H and O–H groups in total. The van der Waals surface area contributed by atoms with Crippen molar-refractivity contribution >= 4 is 207 Å². The Balaban J connectivity index is 0.000000146. The summed E-state index contributed by atoms with van der Waals surface area (Å²) in [5.74, 6) is -0.737. The number of Topliss-reactive ketones (excluding diaryl/α,β-unsaturated/α-hetero) is 2. The molecule has 1 unspecified atom stereocenters. The number of hydrogen-bond acceptors (Lipinski definition) is 13. The topological polar surface area (TPSA) is 273 Å². The van der Waals surface area contributed by atoms with Crippen molar-refractivity contribution in [2.45, 2.75) is 71.1 Å². The van der Waals surface area contributed by atoms with Crippen LogP contribution in [0.25, 0.3) is 65.9 Å². The van der Waals surface area contributed by atoms with E-state index >= 15 is 0 Å². The number of ether oxygens (including phenoxy) is 2. The third kappa shape index (κ3) is 19.9. The molecule has 0 saturated carbocycles. The molecule has 7 amide bonds. The number of aromatic nitrogens is 4. The Kier molecular flexibility index (Phi) is 28.9. The van der Waals surface area contributed by atoms with Gasteiger partial charge in [0.1, 0.15) is 30.5 Å². The number of nitriles is 1. The van der Waals surface area contributed by atoms with Crippen molar-refractivity contribution in [2.75, 3.05) is 79.2 Å². The van der Waals surface area contributed by atoms with E-state index in [1.165, 1.54) is 31.4 Å². The van der Waals surface area contributed by atoms with Crippen molar-refractivity contribution in [3.8, 4) is 28.3 Å².